The molecule has 7 nitrogen and oxygen atoms in total. The second-order valence-electron chi connectivity index (χ2n) is 3.23. The van der Waals surface area contributed by atoms with Gasteiger partial charge in [-0.2, -0.15) is 0 Å². The first-order chi connectivity index (χ1) is 8.06. The van der Waals surface area contributed by atoms with Crippen molar-refractivity contribution in [3.8, 4) is 0 Å². The molecular formula is C10H12N2O5. The average molecular weight is 240 g/mol. The number of ether oxygens (including phenoxy) is 1. The van der Waals surface area contributed by atoms with E-state index in [1.54, 1.807) is 0 Å². The Morgan fingerprint density at radius 3 is 2.82 bits per heavy atom. The summed E-state index contributed by atoms with van der Waals surface area (Å²) in [6.45, 7) is -0.175. The van der Waals surface area contributed by atoms with Crippen molar-refractivity contribution in [3.05, 3.63) is 34.2 Å². The van der Waals surface area contributed by atoms with Crippen molar-refractivity contribution < 1.29 is 19.4 Å². The summed E-state index contributed by atoms with van der Waals surface area (Å²) in [5.41, 5.74) is -0.721. The maximum atomic E-state index is 11.6. The Morgan fingerprint density at radius 1 is 1.59 bits per heavy atom. The molecule has 0 fully saturated rings. The van der Waals surface area contributed by atoms with E-state index in [1.807, 2.05) is 0 Å². The van der Waals surface area contributed by atoms with Gasteiger partial charge in [0.05, 0.1) is 6.61 Å². The second kappa shape index (κ2) is 5.80. The van der Waals surface area contributed by atoms with E-state index in [1.165, 1.54) is 25.4 Å². The molecule has 92 valence electrons. The second-order valence-corrected chi connectivity index (χ2v) is 3.23. The quantitative estimate of drug-likeness (QED) is 0.624. The van der Waals surface area contributed by atoms with Crippen LogP contribution in [0.25, 0.3) is 0 Å². The summed E-state index contributed by atoms with van der Waals surface area (Å²) in [5.74, 6) is -1.98. The number of carboxylic acids is 1. The fourth-order valence-corrected chi connectivity index (χ4v) is 1.18. The number of hydrogen-bond acceptors (Lipinski definition) is 4. The molecule has 1 unspecified atom stereocenters. The van der Waals surface area contributed by atoms with E-state index in [-0.39, 0.29) is 12.2 Å². The third-order valence-electron chi connectivity index (χ3n) is 2.00. The van der Waals surface area contributed by atoms with Crippen LogP contribution in [0.4, 0.5) is 0 Å². The molecule has 0 radical (unpaired) electrons. The summed E-state index contributed by atoms with van der Waals surface area (Å²) in [6, 6.07) is 1.59. The van der Waals surface area contributed by atoms with Gasteiger partial charge < -0.3 is 20.1 Å². The number of hydrogen-bond donors (Lipinski definition) is 3. The Hall–Kier alpha value is -2.15. The third-order valence-corrected chi connectivity index (χ3v) is 2.00. The van der Waals surface area contributed by atoms with Gasteiger partial charge in [-0.3, -0.25) is 9.59 Å². The molecule has 17 heavy (non-hydrogen) atoms. The van der Waals surface area contributed by atoms with Crippen molar-refractivity contribution in [2.75, 3.05) is 13.7 Å². The molecule has 1 amide bonds. The maximum Gasteiger partial charge on any atom is 0.328 e. The van der Waals surface area contributed by atoms with Crippen LogP contribution in [0.2, 0.25) is 0 Å². The molecule has 0 aromatic carbocycles. The van der Waals surface area contributed by atoms with Crippen LogP contribution >= 0.6 is 0 Å². The molecule has 0 spiro atoms. The molecule has 0 bridgehead atoms. The minimum Gasteiger partial charge on any atom is -0.480 e. The zero-order valence-electron chi connectivity index (χ0n) is 9.10. The van der Waals surface area contributed by atoms with Crippen LogP contribution in [0.5, 0.6) is 0 Å². The summed E-state index contributed by atoms with van der Waals surface area (Å²) >= 11 is 0. The van der Waals surface area contributed by atoms with Crippen LogP contribution in [0.3, 0.4) is 0 Å². The number of pyridine rings is 1. The number of carbonyl (C=O) groups is 2. The molecule has 0 saturated heterocycles. The number of H-pyrrole nitrogens is 1. The fourth-order valence-electron chi connectivity index (χ4n) is 1.18. The summed E-state index contributed by atoms with van der Waals surface area (Å²) in [4.78, 5) is 36.0. The molecule has 1 rings (SSSR count). The third kappa shape index (κ3) is 3.42. The van der Waals surface area contributed by atoms with Crippen LogP contribution in [0, 0.1) is 0 Å². The lowest BCUT2D eigenvalue weighted by atomic mass is 10.2. The van der Waals surface area contributed by atoms with E-state index in [0.717, 1.165) is 0 Å². The zero-order chi connectivity index (χ0) is 12.8. The predicted molar refractivity (Wildman–Crippen MR) is 57.8 cm³/mol. The van der Waals surface area contributed by atoms with Crippen molar-refractivity contribution >= 4 is 11.9 Å². The number of rotatable bonds is 5. The highest BCUT2D eigenvalue weighted by atomic mass is 16.5. The molecule has 0 aliphatic carbocycles. The summed E-state index contributed by atoms with van der Waals surface area (Å²) in [5, 5.41) is 11.0. The van der Waals surface area contributed by atoms with Gasteiger partial charge in [0, 0.05) is 13.3 Å². The van der Waals surface area contributed by atoms with Gasteiger partial charge in [0.25, 0.3) is 11.5 Å². The SMILES string of the molecule is COCC(NC(=O)c1ccc[nH]c1=O)C(=O)O. The number of methoxy groups -OCH3 is 1. The Bertz CT molecular complexity index is 468. The van der Waals surface area contributed by atoms with Crippen LogP contribution < -0.4 is 10.9 Å². The number of nitrogens with one attached hydrogen (secondary N) is 2. The normalized spacial score (nSPS) is 11.8. The molecule has 7 heteroatoms. The van der Waals surface area contributed by atoms with E-state index in [0.29, 0.717) is 0 Å². The maximum absolute atomic E-state index is 11.6. The molecule has 1 heterocycles. The molecule has 1 atom stereocenters. The lowest BCUT2D eigenvalue weighted by Gasteiger charge is -2.12. The van der Waals surface area contributed by atoms with Crippen molar-refractivity contribution in [1.82, 2.24) is 10.3 Å². The van der Waals surface area contributed by atoms with Gasteiger partial charge in [0.1, 0.15) is 5.56 Å². The molecule has 1 aromatic heterocycles. The van der Waals surface area contributed by atoms with Gasteiger partial charge in [0.2, 0.25) is 0 Å². The van der Waals surface area contributed by atoms with Gasteiger partial charge in [-0.15, -0.1) is 0 Å². The topological polar surface area (TPSA) is 108 Å². The van der Waals surface area contributed by atoms with E-state index in [4.69, 9.17) is 5.11 Å². The molecule has 3 N–H and O–H groups in total. The van der Waals surface area contributed by atoms with E-state index < -0.39 is 23.5 Å². The standard InChI is InChI=1S/C10H12N2O5/c1-17-5-7(10(15)16)12-9(14)6-3-2-4-11-8(6)13/h2-4,7H,5H2,1H3,(H,11,13)(H,12,14)(H,15,16). The van der Waals surface area contributed by atoms with Gasteiger partial charge >= 0.3 is 5.97 Å². The molecule has 0 aliphatic rings. The van der Waals surface area contributed by atoms with Crippen LogP contribution in [0.15, 0.2) is 23.1 Å². The number of aliphatic carboxylic acids is 1. The minimum atomic E-state index is -1.23. The number of aromatic amines is 1. The highest BCUT2D eigenvalue weighted by molar-refractivity contribution is 5.96. The van der Waals surface area contributed by atoms with E-state index in [9.17, 15) is 14.4 Å². The smallest absolute Gasteiger partial charge is 0.328 e. The predicted octanol–water partition coefficient (Wildman–Crippen LogP) is -0.796. The molecule has 1 aromatic rings. The summed E-state index contributed by atoms with van der Waals surface area (Å²) < 4.78 is 4.65. The number of carbonyl (C=O) groups excluding carboxylic acids is 1. The van der Waals surface area contributed by atoms with Crippen molar-refractivity contribution in [1.29, 1.82) is 0 Å². The average Bonchev–Trinajstić information content (AvgIpc) is 2.28. The van der Waals surface area contributed by atoms with Crippen LogP contribution in [-0.2, 0) is 9.53 Å². The summed E-state index contributed by atoms with van der Waals surface area (Å²) in [6.07, 6.45) is 1.38. The van der Waals surface area contributed by atoms with Gasteiger partial charge in [-0.05, 0) is 12.1 Å². The molecule has 0 saturated carbocycles. The Kier molecular flexibility index (Phi) is 4.41. The number of aromatic nitrogens is 1. The minimum absolute atomic E-state index is 0.144. The highest BCUT2D eigenvalue weighted by Crippen LogP contribution is 1.93. The first-order valence-corrected chi connectivity index (χ1v) is 4.76. The van der Waals surface area contributed by atoms with Crippen molar-refractivity contribution in [2.24, 2.45) is 0 Å². The number of carboxylic acid groups (broad SMARTS) is 1. The van der Waals surface area contributed by atoms with E-state index in [2.05, 4.69) is 15.0 Å². The highest BCUT2D eigenvalue weighted by Gasteiger charge is 2.21. The van der Waals surface area contributed by atoms with Crippen LogP contribution in [0.1, 0.15) is 10.4 Å². The van der Waals surface area contributed by atoms with Gasteiger partial charge in [-0.25, -0.2) is 4.79 Å². The van der Waals surface area contributed by atoms with Crippen molar-refractivity contribution in [2.45, 2.75) is 6.04 Å². The Morgan fingerprint density at radius 2 is 2.29 bits per heavy atom. The van der Waals surface area contributed by atoms with E-state index >= 15 is 0 Å². The first kappa shape index (κ1) is 12.9. The van der Waals surface area contributed by atoms with Crippen LogP contribution in [-0.4, -0.2) is 41.7 Å². The number of amides is 1. The lowest BCUT2D eigenvalue weighted by molar-refractivity contribution is -0.140. The first-order valence-electron chi connectivity index (χ1n) is 4.76. The largest absolute Gasteiger partial charge is 0.480 e. The van der Waals surface area contributed by atoms with Gasteiger partial charge in [-0.1, -0.05) is 0 Å². The molecular weight excluding hydrogens is 228 g/mol. The summed E-state index contributed by atoms with van der Waals surface area (Å²) in [7, 11) is 1.32. The Balaban J connectivity index is 2.81. The lowest BCUT2D eigenvalue weighted by Crippen LogP contribution is -2.45. The molecule has 0 aliphatic heterocycles. The zero-order valence-corrected chi connectivity index (χ0v) is 9.10. The van der Waals surface area contributed by atoms with Crippen molar-refractivity contribution in [3.63, 3.8) is 0 Å². The fraction of sp³-hybridized carbons (Fsp3) is 0.300. The monoisotopic (exact) mass is 240 g/mol. The Labute approximate surface area is 96.4 Å². The van der Waals surface area contributed by atoms with Gasteiger partial charge in [0.15, 0.2) is 6.04 Å².